The Kier molecular flexibility index (Phi) is 3.00. The Morgan fingerprint density at radius 3 is 3.27 bits per heavy atom. The summed E-state index contributed by atoms with van der Waals surface area (Å²) in [6.07, 6.45) is 1.70. The van der Waals surface area contributed by atoms with E-state index in [1.807, 2.05) is 5.38 Å². The zero-order valence-electron chi connectivity index (χ0n) is 6.03. The van der Waals surface area contributed by atoms with Crippen LogP contribution in [0, 0.1) is 0 Å². The van der Waals surface area contributed by atoms with Crippen molar-refractivity contribution in [2.45, 2.75) is 13.5 Å². The van der Waals surface area contributed by atoms with Crippen LogP contribution in [0.5, 0.6) is 0 Å². The number of hydrogen-bond acceptors (Lipinski definition) is 5. The zero-order chi connectivity index (χ0) is 8.10. The van der Waals surface area contributed by atoms with Gasteiger partial charge in [-0.05, 0) is 0 Å². The van der Waals surface area contributed by atoms with Gasteiger partial charge in [0.05, 0.1) is 6.54 Å². The van der Waals surface area contributed by atoms with Gasteiger partial charge in [0.15, 0.2) is 0 Å². The van der Waals surface area contributed by atoms with Crippen molar-refractivity contribution in [1.82, 2.24) is 10.5 Å². The minimum absolute atomic E-state index is 0.346. The Morgan fingerprint density at radius 1 is 1.91 bits per heavy atom. The first-order valence-electron chi connectivity index (χ1n) is 3.07. The second-order valence-corrected chi connectivity index (χ2v) is 2.82. The molecule has 0 amide bonds. The fraction of sp³-hybridized carbons (Fsp3) is 0.333. The third-order valence-electron chi connectivity index (χ3n) is 0.923. The number of aromatic nitrogens is 1. The predicted octanol–water partition coefficient (Wildman–Crippen LogP) is 0.711. The summed E-state index contributed by atoms with van der Waals surface area (Å²) in [6, 6.07) is 0. The van der Waals surface area contributed by atoms with Crippen molar-refractivity contribution in [3.8, 4) is 0 Å². The van der Waals surface area contributed by atoms with E-state index in [-0.39, 0.29) is 5.97 Å². The summed E-state index contributed by atoms with van der Waals surface area (Å²) < 4.78 is 0. The van der Waals surface area contributed by atoms with Crippen LogP contribution in [-0.4, -0.2) is 11.0 Å². The molecule has 0 fully saturated rings. The summed E-state index contributed by atoms with van der Waals surface area (Å²) in [5, 5.41) is 2.76. The Balaban J connectivity index is 2.19. The van der Waals surface area contributed by atoms with Crippen molar-refractivity contribution in [3.05, 3.63) is 16.6 Å². The highest BCUT2D eigenvalue weighted by Crippen LogP contribution is 2.02. The molecule has 0 aromatic carbocycles. The Labute approximate surface area is 68.2 Å². The molecule has 0 bridgehead atoms. The molecular formula is C6H8N2O2S. The number of nitrogens with zero attached hydrogens (tertiary/aromatic N) is 1. The van der Waals surface area contributed by atoms with Crippen LogP contribution in [0.2, 0.25) is 0 Å². The Morgan fingerprint density at radius 2 is 2.73 bits per heavy atom. The number of nitrogens with one attached hydrogen (secondary N) is 1. The van der Waals surface area contributed by atoms with Gasteiger partial charge in [-0.3, -0.25) is 4.79 Å². The molecule has 1 aromatic heterocycles. The number of hydrogen-bond donors (Lipinski definition) is 1. The van der Waals surface area contributed by atoms with Gasteiger partial charge in [-0.15, -0.1) is 16.8 Å². The molecule has 0 saturated heterocycles. The van der Waals surface area contributed by atoms with Crippen molar-refractivity contribution in [2.24, 2.45) is 0 Å². The first kappa shape index (κ1) is 8.16. The SMILES string of the molecule is CC(=O)ONCc1nccs1. The molecule has 1 heterocycles. The topological polar surface area (TPSA) is 51.2 Å². The van der Waals surface area contributed by atoms with Gasteiger partial charge in [0.25, 0.3) is 0 Å². The number of thiazole rings is 1. The number of carbonyl (C=O) groups excluding carboxylic acids is 1. The minimum atomic E-state index is -0.346. The van der Waals surface area contributed by atoms with Crippen molar-refractivity contribution < 1.29 is 9.63 Å². The lowest BCUT2D eigenvalue weighted by Gasteiger charge is -1.98. The molecule has 0 unspecified atom stereocenters. The summed E-state index contributed by atoms with van der Waals surface area (Å²) in [6.45, 7) is 1.81. The van der Waals surface area contributed by atoms with Crippen molar-refractivity contribution >= 4 is 17.3 Å². The summed E-state index contributed by atoms with van der Waals surface area (Å²) in [5.41, 5.74) is 2.49. The molecule has 60 valence electrons. The molecule has 1 rings (SSSR count). The highest BCUT2D eigenvalue weighted by molar-refractivity contribution is 7.09. The summed E-state index contributed by atoms with van der Waals surface area (Å²) in [5.74, 6) is -0.346. The maximum Gasteiger partial charge on any atom is 0.321 e. The lowest BCUT2D eigenvalue weighted by Crippen LogP contribution is -2.16. The molecule has 0 saturated carbocycles. The van der Waals surface area contributed by atoms with E-state index < -0.39 is 0 Å². The second-order valence-electron chi connectivity index (χ2n) is 1.84. The van der Waals surface area contributed by atoms with Gasteiger partial charge in [-0.2, -0.15) is 0 Å². The van der Waals surface area contributed by atoms with E-state index in [1.54, 1.807) is 6.20 Å². The molecule has 0 atom stereocenters. The molecule has 1 N–H and O–H groups in total. The molecule has 5 heteroatoms. The second kappa shape index (κ2) is 4.05. The summed E-state index contributed by atoms with van der Waals surface area (Å²) in [4.78, 5) is 18.7. The van der Waals surface area contributed by atoms with E-state index in [0.29, 0.717) is 6.54 Å². The van der Waals surface area contributed by atoms with Crippen LogP contribution in [0.3, 0.4) is 0 Å². The van der Waals surface area contributed by atoms with Crippen LogP contribution >= 0.6 is 11.3 Å². The molecule has 1 aromatic rings. The molecule has 0 radical (unpaired) electrons. The molecule has 0 spiro atoms. The Hall–Kier alpha value is -0.940. The van der Waals surface area contributed by atoms with Crippen molar-refractivity contribution in [2.75, 3.05) is 0 Å². The van der Waals surface area contributed by atoms with Crippen LogP contribution in [-0.2, 0) is 16.2 Å². The van der Waals surface area contributed by atoms with Crippen LogP contribution in [0.15, 0.2) is 11.6 Å². The fourth-order valence-corrected chi connectivity index (χ4v) is 1.08. The van der Waals surface area contributed by atoms with Crippen molar-refractivity contribution in [1.29, 1.82) is 0 Å². The molecule has 0 aliphatic heterocycles. The quantitative estimate of drug-likeness (QED) is 0.682. The number of carbonyl (C=O) groups is 1. The van der Waals surface area contributed by atoms with Gasteiger partial charge < -0.3 is 4.84 Å². The third kappa shape index (κ3) is 3.10. The summed E-state index contributed by atoms with van der Waals surface area (Å²) in [7, 11) is 0. The minimum Gasteiger partial charge on any atom is -0.371 e. The lowest BCUT2D eigenvalue weighted by molar-refractivity contribution is -0.148. The lowest BCUT2D eigenvalue weighted by atomic mass is 10.7. The van der Waals surface area contributed by atoms with Gasteiger partial charge in [0.2, 0.25) is 0 Å². The monoisotopic (exact) mass is 172 g/mol. The van der Waals surface area contributed by atoms with E-state index in [4.69, 9.17) is 0 Å². The highest BCUT2D eigenvalue weighted by atomic mass is 32.1. The largest absolute Gasteiger partial charge is 0.371 e. The number of rotatable bonds is 3. The van der Waals surface area contributed by atoms with Gasteiger partial charge >= 0.3 is 5.97 Å². The molecule has 11 heavy (non-hydrogen) atoms. The first-order chi connectivity index (χ1) is 5.29. The molecule has 4 nitrogen and oxygen atoms in total. The van der Waals surface area contributed by atoms with Gasteiger partial charge in [0.1, 0.15) is 5.01 Å². The standard InChI is InChI=1S/C6H8N2O2S/c1-5(9)10-8-4-6-7-2-3-11-6/h2-3,8H,4H2,1H3. The molecule has 0 aliphatic carbocycles. The maximum atomic E-state index is 10.3. The van der Waals surface area contributed by atoms with Crippen LogP contribution < -0.4 is 5.48 Å². The first-order valence-corrected chi connectivity index (χ1v) is 3.95. The fourth-order valence-electron chi connectivity index (χ4n) is 0.540. The predicted molar refractivity (Wildman–Crippen MR) is 40.7 cm³/mol. The van der Waals surface area contributed by atoms with Gasteiger partial charge in [-0.1, -0.05) is 0 Å². The van der Waals surface area contributed by atoms with E-state index in [1.165, 1.54) is 18.3 Å². The highest BCUT2D eigenvalue weighted by Gasteiger charge is 1.95. The Bertz CT molecular complexity index is 222. The normalized spacial score (nSPS) is 9.55. The molecular weight excluding hydrogens is 164 g/mol. The van der Waals surface area contributed by atoms with Gasteiger partial charge in [0, 0.05) is 18.5 Å². The third-order valence-corrected chi connectivity index (χ3v) is 1.70. The van der Waals surface area contributed by atoms with E-state index in [2.05, 4.69) is 15.3 Å². The smallest absolute Gasteiger partial charge is 0.321 e. The average Bonchev–Trinajstić information content (AvgIpc) is 2.39. The zero-order valence-corrected chi connectivity index (χ0v) is 6.85. The maximum absolute atomic E-state index is 10.3. The van der Waals surface area contributed by atoms with E-state index in [0.717, 1.165) is 5.01 Å². The molecule has 0 aliphatic rings. The van der Waals surface area contributed by atoms with Crippen LogP contribution in [0.25, 0.3) is 0 Å². The van der Waals surface area contributed by atoms with Crippen molar-refractivity contribution in [3.63, 3.8) is 0 Å². The van der Waals surface area contributed by atoms with Crippen LogP contribution in [0.1, 0.15) is 11.9 Å². The summed E-state index contributed by atoms with van der Waals surface area (Å²) >= 11 is 1.51. The average molecular weight is 172 g/mol. The van der Waals surface area contributed by atoms with Crippen LogP contribution in [0.4, 0.5) is 0 Å². The number of hydroxylamine groups is 1. The van der Waals surface area contributed by atoms with Gasteiger partial charge in [-0.25, -0.2) is 4.98 Å². The van der Waals surface area contributed by atoms with E-state index >= 15 is 0 Å². The van der Waals surface area contributed by atoms with E-state index in [9.17, 15) is 4.79 Å².